The molecule has 1 heterocycles. The molecule has 5 rings (SSSR count). The second-order valence-electron chi connectivity index (χ2n) is 8.14. The van der Waals surface area contributed by atoms with Crippen LogP contribution in [0.2, 0.25) is 0 Å². The lowest BCUT2D eigenvalue weighted by atomic mass is 9.98. The van der Waals surface area contributed by atoms with Crippen LogP contribution in [0.4, 0.5) is 11.4 Å². The van der Waals surface area contributed by atoms with Crippen molar-refractivity contribution >= 4 is 42.9 Å². The summed E-state index contributed by atoms with van der Waals surface area (Å²) in [5.74, 6) is 0. The molecular formula is C28H25NS. The quantitative estimate of drug-likeness (QED) is 0.290. The van der Waals surface area contributed by atoms with Crippen LogP contribution in [0.25, 0.3) is 31.3 Å². The lowest BCUT2D eigenvalue weighted by Crippen LogP contribution is -2.10. The molecule has 0 N–H and O–H groups in total. The van der Waals surface area contributed by atoms with Gasteiger partial charge in [-0.3, -0.25) is 0 Å². The lowest BCUT2D eigenvalue weighted by molar-refractivity contribution is 1.19. The van der Waals surface area contributed by atoms with Crippen molar-refractivity contribution in [2.24, 2.45) is 0 Å². The van der Waals surface area contributed by atoms with Crippen LogP contribution >= 0.6 is 11.3 Å². The summed E-state index contributed by atoms with van der Waals surface area (Å²) in [4.78, 5) is 2.30. The van der Waals surface area contributed by atoms with E-state index in [1.807, 2.05) is 11.3 Å². The van der Waals surface area contributed by atoms with Crippen LogP contribution in [-0.4, -0.2) is 7.05 Å². The van der Waals surface area contributed by atoms with Gasteiger partial charge in [0.1, 0.15) is 0 Å². The average molecular weight is 408 g/mol. The zero-order valence-corrected chi connectivity index (χ0v) is 18.7. The average Bonchev–Trinajstić information content (AvgIpc) is 3.13. The van der Waals surface area contributed by atoms with Gasteiger partial charge in [-0.1, -0.05) is 42.5 Å². The second kappa shape index (κ2) is 7.30. The molecule has 5 aromatic rings. The first-order valence-corrected chi connectivity index (χ1v) is 11.2. The highest BCUT2D eigenvalue weighted by atomic mass is 32.1. The normalized spacial score (nSPS) is 11.3. The van der Waals surface area contributed by atoms with Gasteiger partial charge in [-0.15, -0.1) is 11.3 Å². The fourth-order valence-corrected chi connectivity index (χ4v) is 5.28. The molecule has 1 aromatic heterocycles. The first-order chi connectivity index (χ1) is 14.5. The number of hydrogen-bond acceptors (Lipinski definition) is 2. The summed E-state index contributed by atoms with van der Waals surface area (Å²) in [5.41, 5.74) is 8.96. The molecule has 0 radical (unpaired) electrons. The summed E-state index contributed by atoms with van der Waals surface area (Å²) < 4.78 is 2.69. The van der Waals surface area contributed by atoms with Gasteiger partial charge in [0.2, 0.25) is 0 Å². The van der Waals surface area contributed by atoms with Gasteiger partial charge in [-0.05, 0) is 85.0 Å². The van der Waals surface area contributed by atoms with E-state index in [9.17, 15) is 0 Å². The molecule has 30 heavy (non-hydrogen) atoms. The van der Waals surface area contributed by atoms with Crippen molar-refractivity contribution in [2.45, 2.75) is 20.8 Å². The Morgan fingerprint density at radius 3 is 2.07 bits per heavy atom. The van der Waals surface area contributed by atoms with Gasteiger partial charge >= 0.3 is 0 Å². The fourth-order valence-electron chi connectivity index (χ4n) is 4.19. The van der Waals surface area contributed by atoms with Crippen molar-refractivity contribution in [3.05, 3.63) is 95.6 Å². The molecule has 0 fully saturated rings. The summed E-state index contributed by atoms with van der Waals surface area (Å²) in [6.45, 7) is 6.54. The smallest absolute Gasteiger partial charge is 0.0438 e. The minimum Gasteiger partial charge on any atom is -0.344 e. The Balaban J connectivity index is 1.53. The van der Waals surface area contributed by atoms with Crippen LogP contribution in [0, 0.1) is 20.8 Å². The minimum absolute atomic E-state index is 1.22. The Morgan fingerprint density at radius 1 is 0.600 bits per heavy atom. The molecule has 0 aliphatic carbocycles. The molecular weight excluding hydrogens is 382 g/mol. The van der Waals surface area contributed by atoms with Crippen LogP contribution in [0.3, 0.4) is 0 Å². The van der Waals surface area contributed by atoms with E-state index < -0.39 is 0 Å². The second-order valence-corrected chi connectivity index (χ2v) is 9.22. The molecule has 0 atom stereocenters. The summed E-state index contributed by atoms with van der Waals surface area (Å²) in [6, 6.07) is 29.0. The maximum absolute atomic E-state index is 2.32. The number of hydrogen-bond donors (Lipinski definition) is 0. The maximum Gasteiger partial charge on any atom is 0.0438 e. The Morgan fingerprint density at radius 2 is 1.30 bits per heavy atom. The largest absolute Gasteiger partial charge is 0.344 e. The van der Waals surface area contributed by atoms with Gasteiger partial charge in [-0.25, -0.2) is 0 Å². The molecule has 1 nitrogen and oxygen atoms in total. The number of benzene rings is 4. The standard InChI is InChI=1S/C28H25NS/c1-18-9-10-21(15-19(18)2)22-11-13-26(20(3)16-22)29(4)23-12-14-28-25(17-23)24-7-5-6-8-27(24)30-28/h5-17H,1-4H3. The third-order valence-corrected chi connectivity index (χ3v) is 7.30. The molecule has 0 spiro atoms. The number of aryl methyl sites for hydroxylation is 3. The van der Waals surface area contributed by atoms with Crippen LogP contribution in [0.5, 0.6) is 0 Å². The van der Waals surface area contributed by atoms with E-state index in [0.717, 1.165) is 0 Å². The number of fused-ring (bicyclic) bond motifs is 3. The van der Waals surface area contributed by atoms with Gasteiger partial charge in [0.25, 0.3) is 0 Å². The zero-order valence-electron chi connectivity index (χ0n) is 17.9. The molecule has 0 aliphatic heterocycles. The highest BCUT2D eigenvalue weighted by molar-refractivity contribution is 7.25. The van der Waals surface area contributed by atoms with Crippen molar-refractivity contribution < 1.29 is 0 Å². The van der Waals surface area contributed by atoms with E-state index in [-0.39, 0.29) is 0 Å². The predicted octanol–water partition coefficient (Wildman–Crippen LogP) is 8.41. The Labute approximate surface area is 182 Å². The van der Waals surface area contributed by atoms with E-state index in [2.05, 4.69) is 112 Å². The maximum atomic E-state index is 2.32. The molecule has 0 aliphatic rings. The number of thiophene rings is 1. The van der Waals surface area contributed by atoms with Crippen LogP contribution in [0.15, 0.2) is 78.9 Å². The fraction of sp³-hybridized carbons (Fsp3) is 0.143. The van der Waals surface area contributed by atoms with Crippen LogP contribution < -0.4 is 4.90 Å². The first-order valence-electron chi connectivity index (χ1n) is 10.3. The van der Waals surface area contributed by atoms with Crippen molar-refractivity contribution in [1.29, 1.82) is 0 Å². The van der Waals surface area contributed by atoms with Crippen molar-refractivity contribution in [3.63, 3.8) is 0 Å². The minimum atomic E-state index is 1.22. The summed E-state index contributed by atoms with van der Waals surface area (Å²) in [7, 11) is 2.16. The van der Waals surface area contributed by atoms with Gasteiger partial charge in [0.15, 0.2) is 0 Å². The monoisotopic (exact) mass is 407 g/mol. The zero-order chi connectivity index (χ0) is 20.8. The van der Waals surface area contributed by atoms with Crippen LogP contribution in [-0.2, 0) is 0 Å². The van der Waals surface area contributed by atoms with Crippen molar-refractivity contribution in [3.8, 4) is 11.1 Å². The van der Waals surface area contributed by atoms with Crippen LogP contribution in [0.1, 0.15) is 16.7 Å². The SMILES string of the molecule is Cc1ccc(-c2ccc(N(C)c3ccc4sc5ccccc5c4c3)c(C)c2)cc1C. The number of anilines is 2. The van der Waals surface area contributed by atoms with E-state index in [0.29, 0.717) is 0 Å². The van der Waals surface area contributed by atoms with Crippen molar-refractivity contribution in [1.82, 2.24) is 0 Å². The molecule has 0 amide bonds. The van der Waals surface area contributed by atoms with Gasteiger partial charge in [0.05, 0.1) is 0 Å². The Kier molecular flexibility index (Phi) is 4.60. The molecule has 0 saturated heterocycles. The summed E-state index contributed by atoms with van der Waals surface area (Å²) in [6.07, 6.45) is 0. The third-order valence-electron chi connectivity index (χ3n) is 6.15. The number of nitrogens with zero attached hydrogens (tertiary/aromatic N) is 1. The van der Waals surface area contributed by atoms with E-state index in [4.69, 9.17) is 0 Å². The van der Waals surface area contributed by atoms with Gasteiger partial charge < -0.3 is 4.90 Å². The van der Waals surface area contributed by atoms with Gasteiger partial charge in [-0.2, -0.15) is 0 Å². The highest BCUT2D eigenvalue weighted by Gasteiger charge is 2.12. The van der Waals surface area contributed by atoms with E-state index >= 15 is 0 Å². The first kappa shape index (κ1) is 18.9. The molecule has 0 bridgehead atoms. The predicted molar refractivity (Wildman–Crippen MR) is 133 cm³/mol. The molecule has 2 heteroatoms. The molecule has 148 valence electrons. The van der Waals surface area contributed by atoms with Gasteiger partial charge in [0, 0.05) is 38.6 Å². The summed E-state index contributed by atoms with van der Waals surface area (Å²) in [5, 5.41) is 2.68. The third kappa shape index (κ3) is 3.18. The topological polar surface area (TPSA) is 3.24 Å². The molecule has 0 unspecified atom stereocenters. The Hall–Kier alpha value is -3.10. The van der Waals surface area contributed by atoms with E-state index in [1.165, 1.54) is 59.4 Å². The lowest BCUT2D eigenvalue weighted by Gasteiger charge is -2.22. The Bertz CT molecular complexity index is 1390. The molecule has 0 saturated carbocycles. The molecule has 4 aromatic carbocycles. The summed E-state index contributed by atoms with van der Waals surface area (Å²) >= 11 is 1.86. The number of rotatable bonds is 3. The van der Waals surface area contributed by atoms with Crippen molar-refractivity contribution in [2.75, 3.05) is 11.9 Å². The highest BCUT2D eigenvalue weighted by Crippen LogP contribution is 2.38. The van der Waals surface area contributed by atoms with E-state index in [1.54, 1.807) is 0 Å².